The molecule has 1 N–H and O–H groups in total. The fraction of sp³-hybridized carbons (Fsp3) is 0.545. The van der Waals surface area contributed by atoms with Gasteiger partial charge in [-0.1, -0.05) is 0 Å². The van der Waals surface area contributed by atoms with Crippen LogP contribution < -0.4 is 5.32 Å². The Bertz CT molecular complexity index is 263. The molecule has 0 amide bonds. The largest absolute Gasteiger partial charge is 0.313 e. The molecule has 1 aromatic rings. The van der Waals surface area contributed by atoms with E-state index in [0.717, 1.165) is 13.1 Å². The first kappa shape index (κ1) is 11.5. The normalized spacial score (nSPS) is 10.4. The Hall–Kier alpha value is -0.540. The summed E-state index contributed by atoms with van der Waals surface area (Å²) in [5, 5.41) is 3.42. The Morgan fingerprint density at radius 1 is 1.50 bits per heavy atom. The maximum Gasteiger partial charge on any atom is 0.0315 e. The van der Waals surface area contributed by atoms with Crippen LogP contribution in [0.15, 0.2) is 18.5 Å². The number of pyridine rings is 1. The van der Waals surface area contributed by atoms with E-state index in [1.54, 1.807) is 0 Å². The lowest BCUT2D eigenvalue weighted by molar-refractivity contribution is 0.675. The fourth-order valence-corrected chi connectivity index (χ4v) is 1.68. The van der Waals surface area contributed by atoms with E-state index in [4.69, 9.17) is 0 Å². The number of hydrogen-bond acceptors (Lipinski definition) is 3. The van der Waals surface area contributed by atoms with Gasteiger partial charge in [-0.15, -0.1) is 0 Å². The minimum absolute atomic E-state index is 0.939. The van der Waals surface area contributed by atoms with E-state index in [-0.39, 0.29) is 0 Å². The third-order valence-electron chi connectivity index (χ3n) is 2.16. The smallest absolute Gasteiger partial charge is 0.0315 e. The molecule has 0 unspecified atom stereocenters. The SMILES string of the molecule is CSCCCNCc1cnccc1C. The molecule has 0 atom stereocenters. The quantitative estimate of drug-likeness (QED) is 0.729. The lowest BCUT2D eigenvalue weighted by Crippen LogP contribution is -2.16. The van der Waals surface area contributed by atoms with Crippen LogP contribution in [-0.2, 0) is 6.54 Å². The molecule has 14 heavy (non-hydrogen) atoms. The molecule has 0 fully saturated rings. The second kappa shape index (κ2) is 6.85. The number of hydrogen-bond donors (Lipinski definition) is 1. The summed E-state index contributed by atoms with van der Waals surface area (Å²) in [6.07, 6.45) is 7.16. The zero-order chi connectivity index (χ0) is 10.2. The Morgan fingerprint density at radius 3 is 3.07 bits per heavy atom. The first-order valence-electron chi connectivity index (χ1n) is 4.93. The number of nitrogens with one attached hydrogen (secondary N) is 1. The number of rotatable bonds is 6. The first-order valence-corrected chi connectivity index (χ1v) is 6.33. The van der Waals surface area contributed by atoms with Gasteiger partial charge in [0.05, 0.1) is 0 Å². The minimum Gasteiger partial charge on any atom is -0.313 e. The lowest BCUT2D eigenvalue weighted by atomic mass is 10.1. The Labute approximate surface area is 90.5 Å². The second-order valence-electron chi connectivity index (χ2n) is 3.33. The van der Waals surface area contributed by atoms with Crippen LogP contribution in [0.4, 0.5) is 0 Å². The average Bonchev–Trinajstić information content (AvgIpc) is 2.20. The van der Waals surface area contributed by atoms with Crippen LogP contribution >= 0.6 is 11.8 Å². The summed E-state index contributed by atoms with van der Waals surface area (Å²) in [5.74, 6) is 1.24. The van der Waals surface area contributed by atoms with Crippen LogP contribution in [0.5, 0.6) is 0 Å². The van der Waals surface area contributed by atoms with E-state index in [9.17, 15) is 0 Å². The van der Waals surface area contributed by atoms with E-state index >= 15 is 0 Å². The van der Waals surface area contributed by atoms with E-state index in [1.807, 2.05) is 24.2 Å². The highest BCUT2D eigenvalue weighted by atomic mass is 32.2. The zero-order valence-electron chi connectivity index (χ0n) is 8.92. The number of aryl methyl sites for hydroxylation is 1. The summed E-state index contributed by atoms with van der Waals surface area (Å²) in [6.45, 7) is 4.16. The highest BCUT2D eigenvalue weighted by molar-refractivity contribution is 7.98. The van der Waals surface area contributed by atoms with Crippen molar-refractivity contribution in [1.29, 1.82) is 0 Å². The van der Waals surface area contributed by atoms with Crippen LogP contribution in [0.2, 0.25) is 0 Å². The van der Waals surface area contributed by atoms with Gasteiger partial charge in [0.2, 0.25) is 0 Å². The van der Waals surface area contributed by atoms with Crippen molar-refractivity contribution in [3.05, 3.63) is 29.6 Å². The molecule has 0 aliphatic heterocycles. The van der Waals surface area contributed by atoms with Crippen molar-refractivity contribution in [2.24, 2.45) is 0 Å². The zero-order valence-corrected chi connectivity index (χ0v) is 9.73. The second-order valence-corrected chi connectivity index (χ2v) is 4.31. The summed E-state index contributed by atoms with van der Waals surface area (Å²) in [6, 6.07) is 2.05. The molecule has 0 saturated heterocycles. The van der Waals surface area contributed by atoms with Crippen molar-refractivity contribution in [2.75, 3.05) is 18.6 Å². The Morgan fingerprint density at radius 2 is 2.36 bits per heavy atom. The summed E-state index contributed by atoms with van der Waals surface area (Å²) < 4.78 is 0. The predicted octanol–water partition coefficient (Wildman–Crippen LogP) is 2.23. The van der Waals surface area contributed by atoms with Gasteiger partial charge in [-0.05, 0) is 49.1 Å². The molecular formula is C11H18N2S. The molecule has 1 rings (SSSR count). The third kappa shape index (κ3) is 4.11. The monoisotopic (exact) mass is 210 g/mol. The van der Waals surface area contributed by atoms with Gasteiger partial charge < -0.3 is 5.32 Å². The molecular weight excluding hydrogens is 192 g/mol. The Kier molecular flexibility index (Phi) is 5.64. The molecule has 0 bridgehead atoms. The molecule has 1 aromatic heterocycles. The summed E-state index contributed by atoms with van der Waals surface area (Å²) in [5.41, 5.74) is 2.62. The van der Waals surface area contributed by atoms with Crippen molar-refractivity contribution >= 4 is 11.8 Å². The van der Waals surface area contributed by atoms with Gasteiger partial charge in [0.25, 0.3) is 0 Å². The molecule has 0 aliphatic rings. The van der Waals surface area contributed by atoms with E-state index < -0.39 is 0 Å². The van der Waals surface area contributed by atoms with Crippen LogP contribution in [-0.4, -0.2) is 23.5 Å². The minimum atomic E-state index is 0.939. The van der Waals surface area contributed by atoms with Crippen LogP contribution in [0, 0.1) is 6.92 Å². The third-order valence-corrected chi connectivity index (χ3v) is 2.86. The molecule has 78 valence electrons. The van der Waals surface area contributed by atoms with Gasteiger partial charge in [0, 0.05) is 18.9 Å². The van der Waals surface area contributed by atoms with Gasteiger partial charge in [-0.3, -0.25) is 4.98 Å². The van der Waals surface area contributed by atoms with Gasteiger partial charge >= 0.3 is 0 Å². The lowest BCUT2D eigenvalue weighted by Gasteiger charge is -2.06. The average molecular weight is 210 g/mol. The van der Waals surface area contributed by atoms with Crippen LogP contribution in [0.3, 0.4) is 0 Å². The van der Waals surface area contributed by atoms with Crippen molar-refractivity contribution in [3.8, 4) is 0 Å². The maximum absolute atomic E-state index is 4.12. The molecule has 1 heterocycles. The predicted molar refractivity (Wildman–Crippen MR) is 63.7 cm³/mol. The van der Waals surface area contributed by atoms with Gasteiger partial charge in [-0.2, -0.15) is 11.8 Å². The van der Waals surface area contributed by atoms with Crippen LogP contribution in [0.25, 0.3) is 0 Å². The highest BCUT2D eigenvalue weighted by Gasteiger charge is 1.96. The molecule has 0 aromatic carbocycles. The summed E-state index contributed by atoms with van der Waals surface area (Å²) in [7, 11) is 0. The standard InChI is InChI=1S/C11H18N2S/c1-10-4-6-13-9-11(10)8-12-5-3-7-14-2/h4,6,9,12H,3,5,7-8H2,1-2H3. The van der Waals surface area contributed by atoms with E-state index in [1.165, 1.54) is 23.3 Å². The van der Waals surface area contributed by atoms with Crippen molar-refractivity contribution in [3.63, 3.8) is 0 Å². The van der Waals surface area contributed by atoms with Gasteiger partial charge in [-0.25, -0.2) is 0 Å². The maximum atomic E-state index is 4.12. The number of thioether (sulfide) groups is 1. The van der Waals surface area contributed by atoms with Crippen LogP contribution in [0.1, 0.15) is 17.5 Å². The molecule has 0 saturated carbocycles. The highest BCUT2D eigenvalue weighted by Crippen LogP contribution is 2.03. The first-order chi connectivity index (χ1) is 6.84. The van der Waals surface area contributed by atoms with E-state index in [2.05, 4.69) is 29.5 Å². The topological polar surface area (TPSA) is 24.9 Å². The molecule has 0 spiro atoms. The molecule has 0 radical (unpaired) electrons. The summed E-state index contributed by atoms with van der Waals surface area (Å²) in [4.78, 5) is 4.12. The molecule has 2 nitrogen and oxygen atoms in total. The number of aromatic nitrogens is 1. The van der Waals surface area contributed by atoms with Gasteiger partial charge in [0.15, 0.2) is 0 Å². The molecule has 3 heteroatoms. The van der Waals surface area contributed by atoms with Crippen molar-refractivity contribution < 1.29 is 0 Å². The van der Waals surface area contributed by atoms with Crippen molar-refractivity contribution in [2.45, 2.75) is 19.9 Å². The molecule has 0 aliphatic carbocycles. The summed E-state index contributed by atoms with van der Waals surface area (Å²) >= 11 is 1.90. The fourth-order valence-electron chi connectivity index (χ4n) is 1.25. The van der Waals surface area contributed by atoms with E-state index in [0.29, 0.717) is 0 Å². The Balaban J connectivity index is 2.21. The van der Waals surface area contributed by atoms with Crippen molar-refractivity contribution in [1.82, 2.24) is 10.3 Å². The number of nitrogens with zero attached hydrogens (tertiary/aromatic N) is 1. The van der Waals surface area contributed by atoms with Gasteiger partial charge in [0.1, 0.15) is 0 Å².